The van der Waals surface area contributed by atoms with Crippen LogP contribution in [0.3, 0.4) is 0 Å². The van der Waals surface area contributed by atoms with Crippen LogP contribution in [0.15, 0.2) is 35.5 Å². The number of benzene rings is 1. The number of hydrogen-bond donors (Lipinski definition) is 1. The lowest BCUT2D eigenvalue weighted by Gasteiger charge is -2.20. The maximum atomic E-state index is 12.8. The van der Waals surface area contributed by atoms with Crippen molar-refractivity contribution in [1.82, 2.24) is 14.3 Å². The molecule has 0 aliphatic carbocycles. The summed E-state index contributed by atoms with van der Waals surface area (Å²) in [5.41, 5.74) is 2.73. The van der Waals surface area contributed by atoms with Crippen molar-refractivity contribution in [3.8, 4) is 0 Å². The van der Waals surface area contributed by atoms with Crippen molar-refractivity contribution in [3.63, 3.8) is 0 Å². The van der Waals surface area contributed by atoms with Crippen LogP contribution in [0.25, 0.3) is 0 Å². The molecule has 0 saturated heterocycles. The van der Waals surface area contributed by atoms with Crippen LogP contribution in [0.5, 0.6) is 0 Å². The number of nitrogens with zero attached hydrogens (tertiary/aromatic N) is 3. The Bertz CT molecular complexity index is 788. The molecule has 0 unspecified atom stereocenters. The number of nitrogens with one attached hydrogen (secondary N) is 1. The minimum atomic E-state index is -3.48. The highest BCUT2D eigenvalue weighted by Crippen LogP contribution is 2.26. The molecule has 6 nitrogen and oxygen atoms in total. The van der Waals surface area contributed by atoms with Gasteiger partial charge in [0.1, 0.15) is 5.82 Å². The molecule has 7 heteroatoms. The summed E-state index contributed by atoms with van der Waals surface area (Å²) in [6.45, 7) is 8.91. The van der Waals surface area contributed by atoms with Crippen LogP contribution in [0, 0.1) is 13.8 Å². The van der Waals surface area contributed by atoms with E-state index in [1.54, 1.807) is 30.6 Å². The van der Waals surface area contributed by atoms with Gasteiger partial charge in [-0.15, -0.1) is 0 Å². The highest BCUT2D eigenvalue weighted by Gasteiger charge is 2.23. The number of aryl methyl sites for hydroxylation is 1. The summed E-state index contributed by atoms with van der Waals surface area (Å²) >= 11 is 0. The van der Waals surface area contributed by atoms with E-state index in [-0.39, 0.29) is 0 Å². The minimum Gasteiger partial charge on any atom is -0.377 e. The molecule has 0 amide bonds. The monoisotopic (exact) mass is 348 g/mol. The maximum absolute atomic E-state index is 12.8. The fraction of sp³-hybridized carbons (Fsp3) is 0.412. The molecule has 0 atom stereocenters. The molecular formula is C17H24N4O2S. The Hall–Kier alpha value is -1.99. The highest BCUT2D eigenvalue weighted by molar-refractivity contribution is 7.89. The van der Waals surface area contributed by atoms with Gasteiger partial charge in [0.05, 0.1) is 11.4 Å². The Morgan fingerprint density at radius 3 is 2.29 bits per heavy atom. The van der Waals surface area contributed by atoms with Crippen LogP contribution in [-0.2, 0) is 16.6 Å². The largest absolute Gasteiger partial charge is 0.377 e. The molecule has 1 heterocycles. The zero-order chi connectivity index (χ0) is 17.7. The van der Waals surface area contributed by atoms with E-state index in [4.69, 9.17) is 0 Å². The molecule has 2 rings (SSSR count). The van der Waals surface area contributed by atoms with Gasteiger partial charge in [0, 0.05) is 31.2 Å². The van der Waals surface area contributed by atoms with Gasteiger partial charge >= 0.3 is 0 Å². The van der Waals surface area contributed by atoms with Gasteiger partial charge in [-0.25, -0.2) is 18.4 Å². The lowest BCUT2D eigenvalue weighted by atomic mass is 10.1. The molecule has 0 spiro atoms. The summed E-state index contributed by atoms with van der Waals surface area (Å²) in [4.78, 5) is 8.65. The number of anilines is 1. The molecule has 0 radical (unpaired) electrons. The fourth-order valence-electron chi connectivity index (χ4n) is 2.47. The molecule has 0 bridgehead atoms. The van der Waals surface area contributed by atoms with Crippen molar-refractivity contribution in [3.05, 3.63) is 47.5 Å². The van der Waals surface area contributed by atoms with Gasteiger partial charge in [-0.2, -0.15) is 4.31 Å². The second kappa shape index (κ2) is 7.72. The zero-order valence-corrected chi connectivity index (χ0v) is 15.4. The molecule has 1 aromatic heterocycles. The van der Waals surface area contributed by atoms with Crippen molar-refractivity contribution >= 4 is 15.7 Å². The topological polar surface area (TPSA) is 75.2 Å². The standard InChI is InChI=1S/C17H24N4O2S/c1-5-21(6-2)24(22,23)15-10-13(3)14(4)16(11-15)20-12-17-18-8-7-9-19-17/h7-11,20H,5-6,12H2,1-4H3. The highest BCUT2D eigenvalue weighted by atomic mass is 32.2. The second-order valence-corrected chi connectivity index (χ2v) is 7.46. The zero-order valence-electron chi connectivity index (χ0n) is 14.6. The third kappa shape index (κ3) is 3.91. The fourth-order valence-corrected chi connectivity index (χ4v) is 4.04. The first kappa shape index (κ1) is 18.4. The second-order valence-electron chi connectivity index (χ2n) is 5.52. The van der Waals surface area contributed by atoms with Crippen molar-refractivity contribution in [1.29, 1.82) is 0 Å². The Kier molecular flexibility index (Phi) is 5.90. The number of aromatic nitrogens is 2. The van der Waals surface area contributed by atoms with Crippen molar-refractivity contribution < 1.29 is 8.42 Å². The summed E-state index contributed by atoms with van der Waals surface area (Å²) in [5.74, 6) is 0.659. The van der Waals surface area contributed by atoms with E-state index in [1.807, 2.05) is 27.7 Å². The van der Waals surface area contributed by atoms with Gasteiger partial charge < -0.3 is 5.32 Å². The molecule has 1 aromatic carbocycles. The van der Waals surface area contributed by atoms with Gasteiger partial charge in [0.15, 0.2) is 0 Å². The van der Waals surface area contributed by atoms with Crippen molar-refractivity contribution in [2.24, 2.45) is 0 Å². The Labute approximate surface area is 144 Å². The predicted molar refractivity (Wildman–Crippen MR) is 95.4 cm³/mol. The lowest BCUT2D eigenvalue weighted by Crippen LogP contribution is -2.30. The summed E-state index contributed by atoms with van der Waals surface area (Å²) in [6, 6.07) is 5.18. The Morgan fingerprint density at radius 2 is 1.71 bits per heavy atom. The number of sulfonamides is 1. The average molecular weight is 348 g/mol. The molecule has 0 fully saturated rings. The molecule has 2 aromatic rings. The number of hydrogen-bond acceptors (Lipinski definition) is 5. The van der Waals surface area contributed by atoms with Crippen molar-refractivity contribution in [2.75, 3.05) is 18.4 Å². The van der Waals surface area contributed by atoms with Gasteiger partial charge in [0.2, 0.25) is 10.0 Å². The summed E-state index contributed by atoms with van der Waals surface area (Å²) in [7, 11) is -3.48. The van der Waals surface area contributed by atoms with E-state index < -0.39 is 10.0 Å². The molecule has 0 aliphatic rings. The summed E-state index contributed by atoms with van der Waals surface area (Å²) < 4.78 is 27.0. The van der Waals surface area contributed by atoms with Crippen LogP contribution in [-0.4, -0.2) is 35.8 Å². The number of rotatable bonds is 7. The van der Waals surface area contributed by atoms with E-state index in [9.17, 15) is 8.42 Å². The average Bonchev–Trinajstić information content (AvgIpc) is 2.57. The van der Waals surface area contributed by atoms with Crippen molar-refractivity contribution in [2.45, 2.75) is 39.1 Å². The SMILES string of the molecule is CCN(CC)S(=O)(=O)c1cc(C)c(C)c(NCc2ncccn2)c1. The first-order valence-corrected chi connectivity index (χ1v) is 9.45. The third-order valence-corrected chi connectivity index (χ3v) is 6.07. The van der Waals surface area contributed by atoms with E-state index in [0.29, 0.717) is 30.4 Å². The third-order valence-electron chi connectivity index (χ3n) is 4.04. The van der Waals surface area contributed by atoms with Crippen LogP contribution in [0.4, 0.5) is 5.69 Å². The molecule has 0 saturated carbocycles. The van der Waals surface area contributed by atoms with Gasteiger partial charge in [-0.05, 0) is 43.2 Å². The first-order valence-electron chi connectivity index (χ1n) is 8.01. The van der Waals surface area contributed by atoms with Crippen LogP contribution in [0.2, 0.25) is 0 Å². The van der Waals surface area contributed by atoms with Crippen LogP contribution in [0.1, 0.15) is 30.8 Å². The molecular weight excluding hydrogens is 324 g/mol. The van der Waals surface area contributed by atoms with E-state index in [1.165, 1.54) is 4.31 Å². The summed E-state index contributed by atoms with van der Waals surface area (Å²) in [6.07, 6.45) is 3.37. The Morgan fingerprint density at radius 1 is 1.08 bits per heavy atom. The quantitative estimate of drug-likeness (QED) is 0.833. The minimum absolute atomic E-state index is 0.311. The molecule has 1 N–H and O–H groups in total. The van der Waals surface area contributed by atoms with Crippen LogP contribution >= 0.6 is 0 Å². The normalized spacial score (nSPS) is 11.7. The lowest BCUT2D eigenvalue weighted by molar-refractivity contribution is 0.445. The van der Waals surface area contributed by atoms with E-state index in [2.05, 4.69) is 15.3 Å². The first-order chi connectivity index (χ1) is 11.4. The predicted octanol–water partition coefficient (Wildman–Crippen LogP) is 2.74. The van der Waals surface area contributed by atoms with Gasteiger partial charge in [0.25, 0.3) is 0 Å². The van der Waals surface area contributed by atoms with E-state index in [0.717, 1.165) is 16.8 Å². The van der Waals surface area contributed by atoms with Gasteiger partial charge in [-0.1, -0.05) is 13.8 Å². The molecule has 24 heavy (non-hydrogen) atoms. The molecule has 130 valence electrons. The summed E-state index contributed by atoms with van der Waals surface area (Å²) in [5, 5.41) is 3.25. The van der Waals surface area contributed by atoms with E-state index >= 15 is 0 Å². The molecule has 0 aliphatic heterocycles. The smallest absolute Gasteiger partial charge is 0.243 e. The Balaban J connectivity index is 2.34. The van der Waals surface area contributed by atoms with Gasteiger partial charge in [-0.3, -0.25) is 0 Å². The van der Waals surface area contributed by atoms with Crippen LogP contribution < -0.4 is 5.32 Å². The maximum Gasteiger partial charge on any atom is 0.243 e.